The summed E-state index contributed by atoms with van der Waals surface area (Å²) in [5.41, 5.74) is 2.09. The van der Waals surface area contributed by atoms with Crippen LogP contribution in [0.1, 0.15) is 18.9 Å². The van der Waals surface area contributed by atoms with Gasteiger partial charge in [0.25, 0.3) is 10.2 Å². The van der Waals surface area contributed by atoms with Crippen LogP contribution in [0.15, 0.2) is 30.5 Å². The van der Waals surface area contributed by atoms with Gasteiger partial charge in [0, 0.05) is 31.4 Å². The van der Waals surface area contributed by atoms with E-state index in [2.05, 4.69) is 19.7 Å². The first-order valence-corrected chi connectivity index (χ1v) is 12.6. The van der Waals surface area contributed by atoms with E-state index >= 15 is 0 Å². The molecule has 33 heavy (non-hydrogen) atoms. The van der Waals surface area contributed by atoms with Gasteiger partial charge in [0.2, 0.25) is 0 Å². The number of nitrogens with one attached hydrogen (secondary N) is 3. The van der Waals surface area contributed by atoms with Crippen molar-refractivity contribution in [2.45, 2.75) is 18.9 Å². The zero-order valence-corrected chi connectivity index (χ0v) is 19.3. The molecule has 0 aliphatic carbocycles. The van der Waals surface area contributed by atoms with E-state index in [-0.39, 0.29) is 0 Å². The molecule has 4 heterocycles. The number of nitrogens with zero attached hydrogens (tertiary/aromatic N) is 5. The summed E-state index contributed by atoms with van der Waals surface area (Å²) in [6.45, 7) is 4.76. The first-order chi connectivity index (χ1) is 16.0. The number of hydrogen-bond acceptors (Lipinski definition) is 8. The van der Waals surface area contributed by atoms with Gasteiger partial charge >= 0.3 is 0 Å². The third-order valence-corrected chi connectivity index (χ3v) is 7.10. The second-order valence-corrected chi connectivity index (χ2v) is 9.78. The van der Waals surface area contributed by atoms with Gasteiger partial charge in [-0.3, -0.25) is 4.72 Å². The third kappa shape index (κ3) is 4.64. The fraction of sp³-hybridized carbons (Fsp3) is 0.476. The highest BCUT2D eigenvalue weighted by Crippen LogP contribution is 2.31. The van der Waals surface area contributed by atoms with E-state index in [4.69, 9.17) is 19.8 Å². The molecule has 0 unspecified atom stereocenters. The summed E-state index contributed by atoms with van der Waals surface area (Å²) < 4.78 is 35.8. The molecule has 176 valence electrons. The molecular weight excluding hydrogens is 444 g/mol. The van der Waals surface area contributed by atoms with Crippen molar-refractivity contribution in [3.63, 3.8) is 0 Å². The number of fused-ring (bicyclic) bond motifs is 1. The maximum Gasteiger partial charge on any atom is 0.298 e. The Kier molecular flexibility index (Phi) is 6.15. The molecule has 5 rings (SSSR count). The van der Waals surface area contributed by atoms with Crippen LogP contribution in [0.2, 0.25) is 0 Å². The minimum absolute atomic E-state index is 0.294. The van der Waals surface area contributed by atoms with E-state index in [1.54, 1.807) is 12.1 Å². The Bertz CT molecular complexity index is 1220. The maximum atomic E-state index is 11.8. The molecule has 2 aliphatic rings. The molecular formula is C21H28N8O3S. The van der Waals surface area contributed by atoms with E-state index < -0.39 is 10.2 Å². The molecule has 3 N–H and O–H groups in total. The Morgan fingerprint density at radius 2 is 1.82 bits per heavy atom. The predicted molar refractivity (Wildman–Crippen MR) is 127 cm³/mol. The first kappa shape index (κ1) is 22.0. The van der Waals surface area contributed by atoms with E-state index in [1.165, 1.54) is 7.05 Å². The van der Waals surface area contributed by atoms with Crippen LogP contribution in [0.25, 0.3) is 22.4 Å². The number of anilines is 2. The van der Waals surface area contributed by atoms with Crippen molar-refractivity contribution in [3.8, 4) is 11.4 Å². The van der Waals surface area contributed by atoms with E-state index in [0.717, 1.165) is 61.4 Å². The number of rotatable bonds is 6. The van der Waals surface area contributed by atoms with Crippen LogP contribution < -0.4 is 19.7 Å². The van der Waals surface area contributed by atoms with Crippen molar-refractivity contribution in [1.82, 2.24) is 29.8 Å². The average molecular weight is 473 g/mol. The highest BCUT2D eigenvalue weighted by molar-refractivity contribution is 7.90. The SMILES string of the molecule is CNS(=O)(=O)Nc1ccc(-c2nc(N3CCOCC3)c3cnn(C4CCNCC4)c3n2)cc1. The van der Waals surface area contributed by atoms with Gasteiger partial charge in [0.05, 0.1) is 30.8 Å². The average Bonchev–Trinajstić information content (AvgIpc) is 3.29. The smallest absolute Gasteiger partial charge is 0.298 e. The minimum Gasteiger partial charge on any atom is -0.378 e. The van der Waals surface area contributed by atoms with Crippen LogP contribution >= 0.6 is 0 Å². The fourth-order valence-corrected chi connectivity index (χ4v) is 4.82. The molecule has 0 radical (unpaired) electrons. The van der Waals surface area contributed by atoms with Gasteiger partial charge in [-0.2, -0.15) is 13.5 Å². The quantitative estimate of drug-likeness (QED) is 0.487. The van der Waals surface area contributed by atoms with Crippen molar-refractivity contribution < 1.29 is 13.2 Å². The summed E-state index contributed by atoms with van der Waals surface area (Å²) >= 11 is 0. The lowest BCUT2D eigenvalue weighted by Crippen LogP contribution is -2.37. The fourth-order valence-electron chi connectivity index (χ4n) is 4.27. The summed E-state index contributed by atoms with van der Waals surface area (Å²) in [4.78, 5) is 12.1. The lowest BCUT2D eigenvalue weighted by molar-refractivity contribution is 0.122. The zero-order valence-electron chi connectivity index (χ0n) is 18.5. The number of ether oxygens (including phenoxy) is 1. The summed E-state index contributed by atoms with van der Waals surface area (Å²) in [6, 6.07) is 7.35. The number of morpholine rings is 1. The van der Waals surface area contributed by atoms with Gasteiger partial charge in [-0.1, -0.05) is 0 Å². The molecule has 2 aliphatic heterocycles. The van der Waals surface area contributed by atoms with Crippen LogP contribution in [0.4, 0.5) is 11.5 Å². The van der Waals surface area contributed by atoms with Gasteiger partial charge in [-0.05, 0) is 50.2 Å². The molecule has 0 amide bonds. The van der Waals surface area contributed by atoms with E-state index in [0.29, 0.717) is 30.8 Å². The van der Waals surface area contributed by atoms with E-state index in [1.807, 2.05) is 23.0 Å². The van der Waals surface area contributed by atoms with Crippen LogP contribution in [0.5, 0.6) is 0 Å². The van der Waals surface area contributed by atoms with Crippen molar-refractivity contribution >= 4 is 32.7 Å². The Morgan fingerprint density at radius 1 is 1.09 bits per heavy atom. The molecule has 0 atom stereocenters. The summed E-state index contributed by atoms with van der Waals surface area (Å²) in [5.74, 6) is 1.45. The zero-order chi connectivity index (χ0) is 22.8. The Hall–Kier alpha value is -2.80. The summed E-state index contributed by atoms with van der Waals surface area (Å²) in [6.07, 6.45) is 3.88. The first-order valence-electron chi connectivity index (χ1n) is 11.1. The minimum atomic E-state index is -3.58. The van der Waals surface area contributed by atoms with Crippen molar-refractivity contribution in [2.24, 2.45) is 0 Å². The maximum absolute atomic E-state index is 11.8. The lowest BCUT2D eigenvalue weighted by atomic mass is 10.1. The topological polar surface area (TPSA) is 126 Å². The summed E-state index contributed by atoms with van der Waals surface area (Å²) in [5, 5.41) is 9.06. The molecule has 2 fully saturated rings. The van der Waals surface area contributed by atoms with Gasteiger partial charge in [-0.15, -0.1) is 0 Å². The second kappa shape index (κ2) is 9.21. The van der Waals surface area contributed by atoms with E-state index in [9.17, 15) is 8.42 Å². The van der Waals surface area contributed by atoms with Gasteiger partial charge in [0.15, 0.2) is 11.5 Å². The monoisotopic (exact) mass is 472 g/mol. The molecule has 12 heteroatoms. The number of aromatic nitrogens is 4. The molecule has 11 nitrogen and oxygen atoms in total. The predicted octanol–water partition coefficient (Wildman–Crippen LogP) is 1.13. The standard InChI is InChI=1S/C21H28N8O3S/c1-22-33(30,31)27-16-4-2-15(3-5-16)19-25-20(28-10-12-32-13-11-28)18-14-24-29(21(18)26-19)17-6-8-23-9-7-17/h2-5,14,17,22-23,27H,6-13H2,1H3. The highest BCUT2D eigenvalue weighted by atomic mass is 32.2. The molecule has 2 aromatic heterocycles. The third-order valence-electron chi connectivity index (χ3n) is 6.06. The highest BCUT2D eigenvalue weighted by Gasteiger charge is 2.24. The number of hydrogen-bond donors (Lipinski definition) is 3. The number of piperidine rings is 1. The van der Waals surface area contributed by atoms with Crippen molar-refractivity contribution in [3.05, 3.63) is 30.5 Å². The van der Waals surface area contributed by atoms with Crippen LogP contribution in [-0.2, 0) is 14.9 Å². The second-order valence-electron chi connectivity index (χ2n) is 8.16. The van der Waals surface area contributed by atoms with Gasteiger partial charge in [-0.25, -0.2) is 19.4 Å². The molecule has 0 spiro atoms. The lowest BCUT2D eigenvalue weighted by Gasteiger charge is -2.28. The molecule has 0 saturated carbocycles. The summed E-state index contributed by atoms with van der Waals surface area (Å²) in [7, 11) is -2.22. The molecule has 0 bridgehead atoms. The van der Waals surface area contributed by atoms with Gasteiger partial charge in [0.1, 0.15) is 5.82 Å². The Labute approximate surface area is 192 Å². The van der Waals surface area contributed by atoms with Crippen LogP contribution in [0.3, 0.4) is 0 Å². The molecule has 2 saturated heterocycles. The van der Waals surface area contributed by atoms with Gasteiger partial charge < -0.3 is 15.0 Å². The largest absolute Gasteiger partial charge is 0.378 e. The molecule has 3 aromatic rings. The normalized spacial score (nSPS) is 18.0. The van der Waals surface area contributed by atoms with Crippen LogP contribution in [0, 0.1) is 0 Å². The van der Waals surface area contributed by atoms with Crippen molar-refractivity contribution in [1.29, 1.82) is 0 Å². The van der Waals surface area contributed by atoms with Crippen molar-refractivity contribution in [2.75, 3.05) is 56.1 Å². The van der Waals surface area contributed by atoms with Crippen LogP contribution in [-0.4, -0.2) is 74.6 Å². The number of benzene rings is 1. The Morgan fingerprint density at radius 3 is 2.52 bits per heavy atom. The molecule has 1 aromatic carbocycles. The Balaban J connectivity index is 1.56.